The molecule has 3 nitrogen and oxygen atoms in total. The van der Waals surface area contributed by atoms with Crippen LogP contribution in [0.15, 0.2) is 5.38 Å². The van der Waals surface area contributed by atoms with Crippen molar-refractivity contribution in [3.8, 4) is 0 Å². The standard InChI is InChI=1S/C11H19N3S/c1-2-3-9-4-6-14(7-5-9)10-8-15-11(12)13-10/h8-9H,2-7H2,1H3,(H2,12,13). The molecule has 0 unspecified atom stereocenters. The van der Waals surface area contributed by atoms with Crippen molar-refractivity contribution >= 4 is 22.3 Å². The quantitative estimate of drug-likeness (QED) is 0.860. The summed E-state index contributed by atoms with van der Waals surface area (Å²) in [6, 6.07) is 0. The summed E-state index contributed by atoms with van der Waals surface area (Å²) in [6.07, 6.45) is 5.32. The molecule has 1 aliphatic rings. The molecule has 1 aromatic heterocycles. The van der Waals surface area contributed by atoms with Crippen LogP contribution in [0.4, 0.5) is 10.9 Å². The topological polar surface area (TPSA) is 42.1 Å². The van der Waals surface area contributed by atoms with Gasteiger partial charge in [0.05, 0.1) is 0 Å². The van der Waals surface area contributed by atoms with Crippen molar-refractivity contribution in [2.24, 2.45) is 5.92 Å². The van der Waals surface area contributed by atoms with Gasteiger partial charge in [0.15, 0.2) is 5.13 Å². The maximum atomic E-state index is 5.64. The third-order valence-corrected chi connectivity index (χ3v) is 3.81. The average Bonchev–Trinajstić information content (AvgIpc) is 2.67. The fraction of sp³-hybridized carbons (Fsp3) is 0.727. The number of hydrogen-bond donors (Lipinski definition) is 1. The van der Waals surface area contributed by atoms with E-state index in [0.717, 1.165) is 24.8 Å². The van der Waals surface area contributed by atoms with Crippen LogP contribution in [0.2, 0.25) is 0 Å². The molecule has 1 fully saturated rings. The van der Waals surface area contributed by atoms with E-state index in [0.29, 0.717) is 5.13 Å². The van der Waals surface area contributed by atoms with Crippen molar-refractivity contribution in [2.45, 2.75) is 32.6 Å². The molecule has 1 aromatic rings. The van der Waals surface area contributed by atoms with Gasteiger partial charge in [0.25, 0.3) is 0 Å². The average molecular weight is 225 g/mol. The van der Waals surface area contributed by atoms with Gasteiger partial charge < -0.3 is 10.6 Å². The van der Waals surface area contributed by atoms with Gasteiger partial charge in [-0.1, -0.05) is 19.8 Å². The molecule has 0 aromatic carbocycles. The van der Waals surface area contributed by atoms with Crippen LogP contribution < -0.4 is 10.6 Å². The number of rotatable bonds is 3. The maximum Gasteiger partial charge on any atom is 0.182 e. The highest BCUT2D eigenvalue weighted by Gasteiger charge is 2.19. The van der Waals surface area contributed by atoms with Crippen molar-refractivity contribution < 1.29 is 0 Å². The number of nitrogens with zero attached hydrogens (tertiary/aromatic N) is 2. The van der Waals surface area contributed by atoms with Crippen molar-refractivity contribution in [1.29, 1.82) is 0 Å². The Morgan fingerprint density at radius 3 is 2.80 bits per heavy atom. The van der Waals surface area contributed by atoms with Crippen molar-refractivity contribution in [2.75, 3.05) is 23.7 Å². The molecule has 2 N–H and O–H groups in total. The first-order valence-electron chi connectivity index (χ1n) is 5.75. The summed E-state index contributed by atoms with van der Waals surface area (Å²) in [5.41, 5.74) is 5.64. The lowest BCUT2D eigenvalue weighted by Crippen LogP contribution is -2.33. The molecule has 84 valence electrons. The third kappa shape index (κ3) is 2.62. The van der Waals surface area contributed by atoms with Crippen molar-refractivity contribution in [3.05, 3.63) is 5.38 Å². The minimum atomic E-state index is 0.681. The van der Waals surface area contributed by atoms with Gasteiger partial charge in [-0.05, 0) is 18.8 Å². The summed E-state index contributed by atoms with van der Waals surface area (Å²) in [5, 5.41) is 2.75. The Kier molecular flexibility index (Phi) is 3.46. The second-order valence-corrected chi connectivity index (χ2v) is 5.15. The van der Waals surface area contributed by atoms with E-state index in [1.54, 1.807) is 0 Å². The van der Waals surface area contributed by atoms with E-state index in [9.17, 15) is 0 Å². The summed E-state index contributed by atoms with van der Waals surface area (Å²) in [6.45, 7) is 4.56. The molecule has 15 heavy (non-hydrogen) atoms. The highest BCUT2D eigenvalue weighted by molar-refractivity contribution is 7.13. The minimum Gasteiger partial charge on any atom is -0.375 e. The van der Waals surface area contributed by atoms with E-state index in [4.69, 9.17) is 5.73 Å². The zero-order valence-electron chi connectivity index (χ0n) is 9.28. The second kappa shape index (κ2) is 4.84. The van der Waals surface area contributed by atoms with E-state index < -0.39 is 0 Å². The van der Waals surface area contributed by atoms with Gasteiger partial charge in [-0.25, -0.2) is 4.98 Å². The summed E-state index contributed by atoms with van der Waals surface area (Å²) < 4.78 is 0. The van der Waals surface area contributed by atoms with Gasteiger partial charge in [0.2, 0.25) is 0 Å². The summed E-state index contributed by atoms with van der Waals surface area (Å²) in [4.78, 5) is 6.69. The van der Waals surface area contributed by atoms with Crippen LogP contribution in [-0.2, 0) is 0 Å². The lowest BCUT2D eigenvalue weighted by molar-refractivity contribution is 0.377. The number of thiazole rings is 1. The first-order valence-corrected chi connectivity index (χ1v) is 6.63. The molecule has 0 amide bonds. The van der Waals surface area contributed by atoms with Crippen LogP contribution in [0.3, 0.4) is 0 Å². The van der Waals surface area contributed by atoms with E-state index in [1.807, 2.05) is 0 Å². The lowest BCUT2D eigenvalue weighted by atomic mass is 9.93. The molecular formula is C11H19N3S. The number of anilines is 2. The molecule has 1 saturated heterocycles. The van der Waals surface area contributed by atoms with Gasteiger partial charge in [-0.2, -0.15) is 0 Å². The third-order valence-electron chi connectivity index (χ3n) is 3.15. The molecule has 1 aliphatic heterocycles. The van der Waals surface area contributed by atoms with Gasteiger partial charge in [0, 0.05) is 18.5 Å². The van der Waals surface area contributed by atoms with Gasteiger partial charge in [0.1, 0.15) is 5.82 Å². The predicted octanol–water partition coefficient (Wildman–Crippen LogP) is 2.74. The Morgan fingerprint density at radius 2 is 2.27 bits per heavy atom. The Hall–Kier alpha value is -0.770. The minimum absolute atomic E-state index is 0.681. The molecule has 0 radical (unpaired) electrons. The van der Waals surface area contributed by atoms with Gasteiger partial charge in [-0.3, -0.25) is 0 Å². The first kappa shape index (κ1) is 10.7. The lowest BCUT2D eigenvalue weighted by Gasteiger charge is -2.31. The second-order valence-electron chi connectivity index (χ2n) is 4.26. The largest absolute Gasteiger partial charge is 0.375 e. The van der Waals surface area contributed by atoms with Crippen LogP contribution in [0.1, 0.15) is 32.6 Å². The molecule has 0 aliphatic carbocycles. The molecule has 2 rings (SSSR count). The first-order chi connectivity index (χ1) is 7.29. The smallest absolute Gasteiger partial charge is 0.182 e. The molecule has 0 atom stereocenters. The number of hydrogen-bond acceptors (Lipinski definition) is 4. The fourth-order valence-corrected chi connectivity index (χ4v) is 2.86. The molecule has 4 heteroatoms. The summed E-state index contributed by atoms with van der Waals surface area (Å²) in [5.74, 6) is 2.01. The van der Waals surface area contributed by atoms with Gasteiger partial charge in [-0.15, -0.1) is 11.3 Å². The highest BCUT2D eigenvalue weighted by Crippen LogP contribution is 2.27. The molecule has 0 spiro atoms. The van der Waals surface area contributed by atoms with E-state index in [1.165, 1.54) is 37.0 Å². The van der Waals surface area contributed by atoms with E-state index >= 15 is 0 Å². The normalized spacial score (nSPS) is 18.3. The van der Waals surface area contributed by atoms with Crippen LogP contribution >= 0.6 is 11.3 Å². The molecule has 0 saturated carbocycles. The van der Waals surface area contributed by atoms with Crippen LogP contribution in [0, 0.1) is 5.92 Å². The van der Waals surface area contributed by atoms with E-state index in [2.05, 4.69) is 22.2 Å². The summed E-state index contributed by atoms with van der Waals surface area (Å²) in [7, 11) is 0. The predicted molar refractivity (Wildman–Crippen MR) is 66.4 cm³/mol. The van der Waals surface area contributed by atoms with Crippen LogP contribution in [0.25, 0.3) is 0 Å². The van der Waals surface area contributed by atoms with Gasteiger partial charge >= 0.3 is 0 Å². The number of nitrogens with two attached hydrogens (primary N) is 1. The maximum absolute atomic E-state index is 5.64. The Bertz CT molecular complexity index is 303. The zero-order valence-corrected chi connectivity index (χ0v) is 10.1. The van der Waals surface area contributed by atoms with Crippen LogP contribution in [-0.4, -0.2) is 18.1 Å². The van der Waals surface area contributed by atoms with Crippen molar-refractivity contribution in [3.63, 3.8) is 0 Å². The number of nitrogen functional groups attached to an aromatic ring is 1. The van der Waals surface area contributed by atoms with Crippen LogP contribution in [0.5, 0.6) is 0 Å². The Labute approximate surface area is 95.3 Å². The fourth-order valence-electron chi connectivity index (χ4n) is 2.28. The number of piperidine rings is 1. The summed E-state index contributed by atoms with van der Waals surface area (Å²) >= 11 is 1.53. The Morgan fingerprint density at radius 1 is 1.53 bits per heavy atom. The SMILES string of the molecule is CCCC1CCN(c2csc(N)n2)CC1. The molecular weight excluding hydrogens is 206 g/mol. The highest BCUT2D eigenvalue weighted by atomic mass is 32.1. The molecule has 2 heterocycles. The van der Waals surface area contributed by atoms with Crippen molar-refractivity contribution in [1.82, 2.24) is 4.98 Å². The molecule has 0 bridgehead atoms. The number of aromatic nitrogens is 1. The van der Waals surface area contributed by atoms with E-state index in [-0.39, 0.29) is 0 Å². The zero-order chi connectivity index (χ0) is 10.7. The Balaban J connectivity index is 1.88. The monoisotopic (exact) mass is 225 g/mol.